The van der Waals surface area contributed by atoms with E-state index in [1.165, 1.54) is 26.4 Å². The number of carbonyl (C=O) groups is 2. The molecule has 0 radical (unpaired) electrons. The van der Waals surface area contributed by atoms with Crippen molar-refractivity contribution in [2.75, 3.05) is 26.1 Å². The Bertz CT molecular complexity index is 1270. The van der Waals surface area contributed by atoms with E-state index in [2.05, 4.69) is 10.1 Å². The highest BCUT2D eigenvalue weighted by atomic mass is 16.5. The number of nitrogens with zero attached hydrogens (tertiary/aromatic N) is 1. The number of methoxy groups -OCH3 is 2. The predicted octanol–water partition coefficient (Wildman–Crippen LogP) is 4.60. The fourth-order valence-corrected chi connectivity index (χ4v) is 3.06. The number of carbonyl (C=O) groups excluding carboxylic acids is 2. The quantitative estimate of drug-likeness (QED) is 0.256. The first-order valence-electron chi connectivity index (χ1n) is 10.6. The highest BCUT2D eigenvalue weighted by molar-refractivity contribution is 6.10. The molecule has 9 nitrogen and oxygen atoms in total. The Morgan fingerprint density at radius 3 is 2.54 bits per heavy atom. The molecule has 1 N–H and O–H groups in total. The number of hydrogen-bond acceptors (Lipinski definition) is 8. The fourth-order valence-electron chi connectivity index (χ4n) is 3.06. The smallest absolute Gasteiger partial charge is 0.373 e. The number of hydrogen-bond donors (Lipinski definition) is 1. The third-order valence-corrected chi connectivity index (χ3v) is 4.72. The Labute approximate surface area is 202 Å². The molecule has 0 atom stereocenters. The molecule has 0 saturated heterocycles. The molecule has 0 fully saturated rings. The Morgan fingerprint density at radius 2 is 1.83 bits per heavy atom. The van der Waals surface area contributed by atoms with Gasteiger partial charge in [0.25, 0.3) is 5.91 Å². The molecule has 9 heteroatoms. The van der Waals surface area contributed by atoms with E-state index >= 15 is 0 Å². The maximum atomic E-state index is 12.7. The molecule has 180 valence electrons. The van der Waals surface area contributed by atoms with Gasteiger partial charge < -0.3 is 28.7 Å². The zero-order chi connectivity index (χ0) is 25.2. The van der Waals surface area contributed by atoms with Gasteiger partial charge in [0.05, 0.1) is 26.5 Å². The van der Waals surface area contributed by atoms with E-state index in [-0.39, 0.29) is 17.9 Å². The summed E-state index contributed by atoms with van der Waals surface area (Å²) < 4.78 is 26.6. The predicted molar refractivity (Wildman–Crippen MR) is 127 cm³/mol. The molecule has 0 aliphatic carbocycles. The van der Waals surface area contributed by atoms with Gasteiger partial charge in [-0.2, -0.15) is 5.26 Å². The van der Waals surface area contributed by atoms with E-state index in [9.17, 15) is 14.9 Å². The Balaban J connectivity index is 1.73. The van der Waals surface area contributed by atoms with Gasteiger partial charge in [-0.3, -0.25) is 4.79 Å². The van der Waals surface area contributed by atoms with Crippen LogP contribution < -0.4 is 19.5 Å². The normalized spacial score (nSPS) is 10.7. The van der Waals surface area contributed by atoms with Gasteiger partial charge in [0.15, 0.2) is 11.5 Å². The topological polar surface area (TPSA) is 120 Å². The van der Waals surface area contributed by atoms with Crippen molar-refractivity contribution in [1.29, 1.82) is 5.26 Å². The number of esters is 1. The number of para-hydroxylation sites is 2. The lowest BCUT2D eigenvalue weighted by Crippen LogP contribution is -2.14. The molecule has 3 aromatic rings. The maximum Gasteiger partial charge on any atom is 0.373 e. The van der Waals surface area contributed by atoms with Gasteiger partial charge in [0.2, 0.25) is 5.76 Å². The summed E-state index contributed by atoms with van der Waals surface area (Å²) in [6.45, 7) is 2.33. The minimum atomic E-state index is -0.580. The minimum Gasteiger partial charge on any atom is -0.493 e. The van der Waals surface area contributed by atoms with Crippen molar-refractivity contribution < 1.29 is 33.0 Å². The van der Waals surface area contributed by atoms with Crippen LogP contribution in [-0.4, -0.2) is 32.7 Å². The van der Waals surface area contributed by atoms with Crippen LogP contribution in [0.3, 0.4) is 0 Å². The third-order valence-electron chi connectivity index (χ3n) is 4.72. The van der Waals surface area contributed by atoms with Crippen molar-refractivity contribution in [3.05, 3.63) is 77.3 Å². The largest absolute Gasteiger partial charge is 0.493 e. The van der Waals surface area contributed by atoms with Crippen molar-refractivity contribution in [3.8, 4) is 23.3 Å². The summed E-state index contributed by atoms with van der Waals surface area (Å²) in [6, 6.07) is 17.0. The van der Waals surface area contributed by atoms with Crippen LogP contribution in [-0.2, 0) is 16.1 Å². The van der Waals surface area contributed by atoms with Gasteiger partial charge in [-0.05, 0) is 55.0 Å². The lowest BCUT2D eigenvalue weighted by molar-refractivity contribution is -0.112. The summed E-state index contributed by atoms with van der Waals surface area (Å²) in [6.07, 6.45) is 1.44. The van der Waals surface area contributed by atoms with Crippen LogP contribution >= 0.6 is 0 Å². The first-order valence-corrected chi connectivity index (χ1v) is 10.6. The summed E-state index contributed by atoms with van der Waals surface area (Å²) in [7, 11) is 2.74. The molecule has 2 aromatic carbocycles. The summed E-state index contributed by atoms with van der Waals surface area (Å²) in [5.74, 6) is 0.657. The monoisotopic (exact) mass is 476 g/mol. The molecular weight excluding hydrogens is 452 g/mol. The molecule has 1 amide bonds. The molecule has 0 spiro atoms. The first kappa shape index (κ1) is 24.9. The van der Waals surface area contributed by atoms with Crippen LogP contribution in [0.5, 0.6) is 17.2 Å². The number of furan rings is 1. The number of nitrogens with one attached hydrogen (secondary N) is 1. The third kappa shape index (κ3) is 6.42. The number of anilines is 1. The van der Waals surface area contributed by atoms with E-state index in [0.717, 1.165) is 0 Å². The van der Waals surface area contributed by atoms with Gasteiger partial charge in [0, 0.05) is 0 Å². The average molecular weight is 476 g/mol. The van der Waals surface area contributed by atoms with Crippen LogP contribution in [0.2, 0.25) is 0 Å². The molecule has 0 aliphatic rings. The molecule has 0 unspecified atom stereocenters. The van der Waals surface area contributed by atoms with Crippen LogP contribution in [0.15, 0.2) is 64.6 Å². The summed E-state index contributed by atoms with van der Waals surface area (Å²) >= 11 is 0. The summed E-state index contributed by atoms with van der Waals surface area (Å²) in [5.41, 5.74) is 0.929. The number of ether oxygens (including phenoxy) is 4. The average Bonchev–Trinajstić information content (AvgIpc) is 3.36. The van der Waals surface area contributed by atoms with Crippen LogP contribution in [0.4, 0.5) is 5.69 Å². The van der Waals surface area contributed by atoms with Gasteiger partial charge >= 0.3 is 5.97 Å². The number of nitriles is 1. The van der Waals surface area contributed by atoms with E-state index in [0.29, 0.717) is 40.9 Å². The van der Waals surface area contributed by atoms with Crippen LogP contribution in [0.25, 0.3) is 6.08 Å². The maximum absolute atomic E-state index is 12.7. The van der Waals surface area contributed by atoms with Gasteiger partial charge in [-0.1, -0.05) is 18.2 Å². The number of rotatable bonds is 10. The molecule has 1 heterocycles. The van der Waals surface area contributed by atoms with Crippen LogP contribution in [0, 0.1) is 11.3 Å². The minimum absolute atomic E-state index is 0.0492. The van der Waals surface area contributed by atoms with Gasteiger partial charge in [-0.25, -0.2) is 4.79 Å². The summed E-state index contributed by atoms with van der Waals surface area (Å²) in [4.78, 5) is 24.2. The Morgan fingerprint density at radius 1 is 1.03 bits per heavy atom. The van der Waals surface area contributed by atoms with Crippen molar-refractivity contribution in [3.63, 3.8) is 0 Å². The van der Waals surface area contributed by atoms with E-state index in [4.69, 9.17) is 18.6 Å². The lowest BCUT2D eigenvalue weighted by atomic mass is 10.1. The van der Waals surface area contributed by atoms with E-state index < -0.39 is 11.9 Å². The molecule has 35 heavy (non-hydrogen) atoms. The van der Waals surface area contributed by atoms with Crippen molar-refractivity contribution in [2.45, 2.75) is 13.5 Å². The van der Waals surface area contributed by atoms with E-state index in [1.807, 2.05) is 13.0 Å². The first-order chi connectivity index (χ1) is 17.0. The summed E-state index contributed by atoms with van der Waals surface area (Å²) in [5, 5.41) is 12.3. The van der Waals surface area contributed by atoms with E-state index in [1.54, 1.807) is 48.5 Å². The zero-order valence-corrected chi connectivity index (χ0v) is 19.5. The molecule has 3 rings (SSSR count). The molecule has 0 bridgehead atoms. The number of benzene rings is 2. The zero-order valence-electron chi connectivity index (χ0n) is 19.5. The highest BCUT2D eigenvalue weighted by Crippen LogP contribution is 2.30. The number of amides is 1. The SMILES string of the molecule is CCOc1ccccc1NC(=O)/C(C#N)=C/c1ccc(OCc2ccc(C(=O)OC)o2)c(OC)c1. The molecular formula is C26H24N2O7. The molecule has 0 aliphatic heterocycles. The second-order valence-corrected chi connectivity index (χ2v) is 7.01. The van der Waals surface area contributed by atoms with Gasteiger partial charge in [0.1, 0.15) is 29.8 Å². The second kappa shape index (κ2) is 12.0. The Hall–Kier alpha value is -4.71. The molecule has 1 aromatic heterocycles. The highest BCUT2D eigenvalue weighted by Gasteiger charge is 2.15. The standard InChI is InChI=1S/C26H24N2O7/c1-4-33-21-8-6-5-7-20(21)28-25(29)18(15-27)13-17-9-11-22(24(14-17)31-2)34-16-19-10-12-23(35-19)26(30)32-3/h5-14H,4,16H2,1-3H3,(H,28,29)/b18-13+. The van der Waals surface area contributed by atoms with Crippen molar-refractivity contribution in [1.82, 2.24) is 0 Å². The molecule has 0 saturated carbocycles. The lowest BCUT2D eigenvalue weighted by Gasteiger charge is -2.12. The van der Waals surface area contributed by atoms with Crippen LogP contribution in [0.1, 0.15) is 28.8 Å². The second-order valence-electron chi connectivity index (χ2n) is 7.01. The Kier molecular flexibility index (Phi) is 8.51. The fraction of sp³-hybridized carbons (Fsp3) is 0.192. The van der Waals surface area contributed by atoms with Gasteiger partial charge in [-0.15, -0.1) is 0 Å². The van der Waals surface area contributed by atoms with Crippen molar-refractivity contribution in [2.24, 2.45) is 0 Å². The van der Waals surface area contributed by atoms with Crippen molar-refractivity contribution >= 4 is 23.6 Å².